The number of primary amides is 1. The number of nitrogens with one attached hydrogen (secondary N) is 13. The number of phenols is 1. The number of carboxylic acids is 1. The van der Waals surface area contributed by atoms with Crippen molar-refractivity contribution >= 4 is 130 Å². The van der Waals surface area contributed by atoms with Crippen LogP contribution in [0.1, 0.15) is 128 Å². The Morgan fingerprint density at radius 3 is 1.52 bits per heavy atom. The second-order valence-electron chi connectivity index (χ2n) is 29.7. The smallest absolute Gasteiger partial charge is 0.326 e. The highest BCUT2D eigenvalue weighted by Gasteiger charge is 2.42. The van der Waals surface area contributed by atoms with Crippen molar-refractivity contribution in [1.82, 2.24) is 82.9 Å². The van der Waals surface area contributed by atoms with Crippen molar-refractivity contribution in [2.75, 3.05) is 31.1 Å². The predicted octanol–water partition coefficient (Wildman–Crippen LogP) is 0.629. The van der Waals surface area contributed by atoms with Gasteiger partial charge in [-0.2, -0.15) is 25.3 Å². The van der Waals surface area contributed by atoms with E-state index in [1.165, 1.54) is 46.6 Å². The number of hydrogen-bond donors (Lipinski definition) is 19. The molecule has 12 atom stereocenters. The van der Waals surface area contributed by atoms with Crippen molar-refractivity contribution in [3.63, 3.8) is 0 Å². The summed E-state index contributed by atoms with van der Waals surface area (Å²) in [4.78, 5) is 212. The number of rotatable bonds is 43. The number of thiol groups is 2. The lowest BCUT2D eigenvalue weighted by Crippen LogP contribution is -2.61. The maximum atomic E-state index is 15.0. The highest BCUT2D eigenvalue weighted by molar-refractivity contribution is 7.80. The van der Waals surface area contributed by atoms with Crippen molar-refractivity contribution in [3.05, 3.63) is 120 Å². The lowest BCUT2D eigenvalue weighted by atomic mass is 9.99. The maximum Gasteiger partial charge on any atom is 0.326 e. The van der Waals surface area contributed by atoms with Gasteiger partial charge in [-0.05, 0) is 111 Å². The quantitative estimate of drug-likeness (QED) is 0.0233. The first-order valence-corrected chi connectivity index (χ1v) is 39.7. The second-order valence-corrected chi connectivity index (χ2v) is 30.4. The molecule has 0 aliphatic carbocycles. The van der Waals surface area contributed by atoms with Gasteiger partial charge < -0.3 is 99.6 Å². The van der Waals surface area contributed by atoms with Crippen molar-refractivity contribution in [3.8, 4) is 5.75 Å². The molecule has 3 aromatic carbocycles. The molecule has 19 N–H and O–H groups in total. The highest BCUT2D eigenvalue weighted by atomic mass is 32.1. The van der Waals surface area contributed by atoms with Gasteiger partial charge in [0.25, 0.3) is 0 Å². The summed E-state index contributed by atoms with van der Waals surface area (Å²) in [6, 6.07) is 4.99. The summed E-state index contributed by atoms with van der Waals surface area (Å²) < 4.78 is 0. The third-order valence-electron chi connectivity index (χ3n) is 20.0. The maximum absolute atomic E-state index is 15.0. The van der Waals surface area contributed by atoms with Crippen LogP contribution in [-0.4, -0.2) is 226 Å². The van der Waals surface area contributed by atoms with Crippen LogP contribution in [0.2, 0.25) is 0 Å². The molecule has 616 valence electrons. The number of nitrogens with two attached hydrogens (primary N) is 2. The number of likely N-dealkylation sites (tertiary alicyclic amines) is 2. The first kappa shape index (κ1) is 88.6. The summed E-state index contributed by atoms with van der Waals surface area (Å²) in [5.74, 6) is -12.6. The minimum Gasteiger partial charge on any atom is -0.508 e. The van der Waals surface area contributed by atoms with E-state index in [1.54, 1.807) is 46.2 Å². The number of carboxylic acid groups (broad SMARTS) is 1. The number of amides is 13. The third-order valence-corrected chi connectivity index (χ3v) is 20.7. The third kappa shape index (κ3) is 25.2. The van der Waals surface area contributed by atoms with Crippen LogP contribution < -0.4 is 64.6 Å². The molecule has 2 saturated heterocycles. The molecule has 8 rings (SSSR count). The number of aromatic hydroxyl groups is 1. The van der Waals surface area contributed by atoms with E-state index in [2.05, 4.69) is 98.4 Å². The molecular formula is C78H106N18O16S2. The molecule has 5 heterocycles. The molecule has 114 heavy (non-hydrogen) atoms. The number of carbonyl (C=O) groups is 14. The monoisotopic (exact) mass is 1610 g/mol. The van der Waals surface area contributed by atoms with E-state index >= 15 is 0 Å². The zero-order valence-electron chi connectivity index (χ0n) is 64.5. The summed E-state index contributed by atoms with van der Waals surface area (Å²) in [6.45, 7) is 8.48. The Kier molecular flexibility index (Phi) is 33.2. The van der Waals surface area contributed by atoms with Gasteiger partial charge in [0.15, 0.2) is 0 Å². The largest absolute Gasteiger partial charge is 0.508 e. The molecule has 0 spiro atoms. The van der Waals surface area contributed by atoms with E-state index in [0.717, 1.165) is 27.4 Å². The fraction of sp³-hybridized carbons (Fsp3) is 0.500. The molecule has 0 saturated carbocycles. The van der Waals surface area contributed by atoms with Crippen molar-refractivity contribution in [2.24, 2.45) is 23.3 Å². The highest BCUT2D eigenvalue weighted by Crippen LogP contribution is 2.25. The molecule has 0 radical (unpaired) electrons. The van der Waals surface area contributed by atoms with E-state index in [1.807, 2.05) is 49.4 Å². The van der Waals surface area contributed by atoms with Gasteiger partial charge >= 0.3 is 5.97 Å². The fourth-order valence-electron chi connectivity index (χ4n) is 14.0. The Balaban J connectivity index is 0.887. The molecule has 13 amide bonds. The number of hydrogen-bond acceptors (Lipinski definition) is 19. The molecule has 0 bridgehead atoms. The number of benzene rings is 3. The number of imidazole rings is 1. The van der Waals surface area contributed by atoms with E-state index in [4.69, 9.17) is 11.5 Å². The van der Waals surface area contributed by atoms with E-state index < -0.39 is 168 Å². The van der Waals surface area contributed by atoms with Crippen LogP contribution in [0, 0.1) is 11.8 Å². The topological polar surface area (TPSA) is 519 Å². The molecule has 36 heteroatoms. The Bertz CT molecular complexity index is 4360. The molecule has 0 unspecified atom stereocenters. The number of aliphatic carboxylic acids is 1. The Morgan fingerprint density at radius 1 is 0.535 bits per heavy atom. The standard InChI is InChI=1S/C78H106N18O16S2/c1-6-7-16-54(68(101)93-60(78(111)112)31-44-21-23-48(97)24-22-44)88-75(108)64-20-13-28-96(64)76(109)61(39-113)86-66(99)38-84-74(107)63-19-12-27-95(63)77(110)62(40-114)94-71(104)57(30-43(4)5)90-69(102)55(25-26-65(80)98)87-70(103)56(29-42(2)3)91-72(105)58(33-46-36-83-53-18-11-9-15-50(46)53)92-73(106)59(34-47-37-81-41-85-47)89-67(100)51(79)32-45-35-82-52-17-10-8-14-49(45)52/h8-11,14-15,17-18,21-24,35-37,41-43,51,54-64,82-83,97,113-114H,6-7,12-13,16,19-20,25-34,38-40,79H2,1-5H3,(H2,80,98)(H,81,85)(H,84,107)(H,86,99)(H,87,103)(H,88,108)(H,89,100)(H,90,102)(H,91,105)(H,92,106)(H,93,101)(H,94,104)(H,111,112)/t51-,54-,55-,56-,57-,58-,59-,60-,61-,62-,63-,64-/m0/s1. The number of aromatic amines is 3. The number of nitrogens with zero attached hydrogens (tertiary/aromatic N) is 3. The zero-order valence-corrected chi connectivity index (χ0v) is 66.3. The van der Waals surface area contributed by atoms with Gasteiger partial charge in [-0.15, -0.1) is 0 Å². The predicted molar refractivity (Wildman–Crippen MR) is 428 cm³/mol. The van der Waals surface area contributed by atoms with Crippen molar-refractivity contribution in [1.29, 1.82) is 0 Å². The zero-order chi connectivity index (χ0) is 82.9. The molecule has 6 aromatic rings. The second kappa shape index (κ2) is 42.7. The van der Waals surface area contributed by atoms with Crippen LogP contribution in [0.3, 0.4) is 0 Å². The Hall–Kier alpha value is -11.0. The van der Waals surface area contributed by atoms with E-state index in [-0.39, 0.29) is 106 Å². The number of unbranched alkanes of at least 4 members (excludes halogenated alkanes) is 1. The van der Waals surface area contributed by atoms with Gasteiger partial charge in [0.1, 0.15) is 72.2 Å². The van der Waals surface area contributed by atoms with Gasteiger partial charge in [0.2, 0.25) is 76.8 Å². The fourth-order valence-corrected chi connectivity index (χ4v) is 14.5. The number of fused-ring (bicyclic) bond motifs is 2. The first-order chi connectivity index (χ1) is 54.4. The Labute approximate surface area is 670 Å². The minimum atomic E-state index is -1.56. The van der Waals surface area contributed by atoms with Crippen LogP contribution in [0.4, 0.5) is 0 Å². The number of para-hydroxylation sites is 2. The van der Waals surface area contributed by atoms with Crippen LogP contribution in [-0.2, 0) is 92.8 Å². The molecule has 2 fully saturated rings. The van der Waals surface area contributed by atoms with Crippen LogP contribution >= 0.6 is 25.3 Å². The van der Waals surface area contributed by atoms with Gasteiger partial charge in [-0.1, -0.05) is 96.0 Å². The SMILES string of the molecule is CCCC[C@H](NC(=O)[C@@H]1CCCN1C(=O)[C@H](CS)NC(=O)CNC(=O)[C@@H]1CCCN1C(=O)[C@H](CS)NC(=O)[C@H](CC(C)C)NC(=O)[C@H](CCC(N)=O)NC(=O)[C@H](CC(C)C)NC(=O)[C@H](Cc1c[nH]c2ccccc12)NC(=O)[C@H](Cc1cnc[nH]1)NC(=O)[C@@H](N)Cc1c[nH]c2ccccc12)C(=O)N[C@@H](Cc1ccc(O)cc1)C(=O)O. The molecule has 2 aliphatic heterocycles. The summed E-state index contributed by atoms with van der Waals surface area (Å²) in [7, 11) is 0. The number of carbonyl (C=O) groups excluding carboxylic acids is 13. The molecule has 2 aliphatic rings. The number of phenolic OH excluding ortho intramolecular Hbond substituents is 1. The van der Waals surface area contributed by atoms with Crippen LogP contribution in [0.15, 0.2) is 97.7 Å². The molecule has 3 aromatic heterocycles. The van der Waals surface area contributed by atoms with Crippen molar-refractivity contribution in [2.45, 2.75) is 203 Å². The average molecular weight is 1620 g/mol. The average Bonchev–Trinajstić information content (AvgIpc) is 1.62. The number of aromatic nitrogens is 4. The summed E-state index contributed by atoms with van der Waals surface area (Å²) in [5.41, 5.74) is 16.1. The molecular weight excluding hydrogens is 1510 g/mol. The van der Waals surface area contributed by atoms with Crippen LogP contribution in [0.25, 0.3) is 21.8 Å². The summed E-state index contributed by atoms with van der Waals surface area (Å²) in [6.07, 6.45) is 7.64. The lowest BCUT2D eigenvalue weighted by Gasteiger charge is -2.30. The van der Waals surface area contributed by atoms with E-state index in [0.29, 0.717) is 42.5 Å². The van der Waals surface area contributed by atoms with Gasteiger partial charge in [0.05, 0.1) is 18.9 Å². The van der Waals surface area contributed by atoms with Crippen molar-refractivity contribution < 1.29 is 77.3 Å². The summed E-state index contributed by atoms with van der Waals surface area (Å²) in [5, 5.41) is 48.0. The normalized spacial score (nSPS) is 16.7. The minimum absolute atomic E-state index is 0.0150. The number of H-pyrrole nitrogens is 3. The Morgan fingerprint density at radius 2 is 1.00 bits per heavy atom. The van der Waals surface area contributed by atoms with E-state index in [9.17, 15) is 77.3 Å². The van der Waals surface area contributed by atoms with Gasteiger partial charge in [-0.3, -0.25) is 62.3 Å². The summed E-state index contributed by atoms with van der Waals surface area (Å²) >= 11 is 8.71. The van der Waals surface area contributed by atoms with Crippen LogP contribution in [0.5, 0.6) is 5.75 Å². The lowest BCUT2D eigenvalue weighted by molar-refractivity contribution is -0.143. The van der Waals surface area contributed by atoms with Gasteiger partial charge in [0, 0.05) is 96.4 Å². The molecule has 34 nitrogen and oxygen atoms in total. The first-order valence-electron chi connectivity index (χ1n) is 38.4. The van der Waals surface area contributed by atoms with Gasteiger partial charge in [-0.25, -0.2) is 9.78 Å².